The van der Waals surface area contributed by atoms with E-state index < -0.39 is 12.0 Å². The second-order valence-electron chi connectivity index (χ2n) is 4.92. The van der Waals surface area contributed by atoms with Crippen molar-refractivity contribution < 1.29 is 24.2 Å². The summed E-state index contributed by atoms with van der Waals surface area (Å²) in [7, 11) is 0. The molecular formula is C16H19NO5. The van der Waals surface area contributed by atoms with Crippen LogP contribution in [0, 0.1) is 0 Å². The second kappa shape index (κ2) is 7.49. The Kier molecular flexibility index (Phi) is 5.41. The van der Waals surface area contributed by atoms with Crippen molar-refractivity contribution in [3.63, 3.8) is 0 Å². The van der Waals surface area contributed by atoms with Gasteiger partial charge in [0, 0.05) is 6.54 Å². The average Bonchev–Trinajstić information content (AvgIpc) is 3.01. The summed E-state index contributed by atoms with van der Waals surface area (Å²) >= 11 is 0. The fraction of sp³-hybridized carbons (Fsp3) is 0.375. The minimum absolute atomic E-state index is 0.210. The van der Waals surface area contributed by atoms with E-state index in [1.54, 1.807) is 30.3 Å². The first-order chi connectivity index (χ1) is 10.6. The zero-order valence-corrected chi connectivity index (χ0v) is 12.2. The van der Waals surface area contributed by atoms with Gasteiger partial charge in [-0.3, -0.25) is 4.79 Å². The lowest BCUT2D eigenvalue weighted by Crippen LogP contribution is -2.42. The molecule has 1 amide bonds. The molecule has 6 nitrogen and oxygen atoms in total. The van der Waals surface area contributed by atoms with Crippen molar-refractivity contribution >= 4 is 11.9 Å². The van der Waals surface area contributed by atoms with Crippen molar-refractivity contribution in [2.45, 2.75) is 18.9 Å². The third kappa shape index (κ3) is 3.78. The van der Waals surface area contributed by atoms with Crippen molar-refractivity contribution in [3.8, 4) is 11.5 Å². The number of nitrogens with zero attached hydrogens (tertiary/aromatic N) is 1. The summed E-state index contributed by atoms with van der Waals surface area (Å²) in [4.78, 5) is 24.6. The molecule has 0 saturated carbocycles. The van der Waals surface area contributed by atoms with Crippen molar-refractivity contribution in [2.75, 3.05) is 19.8 Å². The monoisotopic (exact) mass is 305 g/mol. The van der Waals surface area contributed by atoms with Crippen molar-refractivity contribution in [1.82, 2.24) is 4.90 Å². The number of para-hydroxylation sites is 2. The molecule has 0 bridgehead atoms. The van der Waals surface area contributed by atoms with Crippen molar-refractivity contribution in [1.29, 1.82) is 0 Å². The van der Waals surface area contributed by atoms with E-state index in [0.29, 0.717) is 37.5 Å². The molecule has 1 atom stereocenters. The molecule has 0 spiro atoms. The van der Waals surface area contributed by atoms with Crippen LogP contribution in [-0.2, 0) is 9.59 Å². The highest BCUT2D eigenvalue weighted by molar-refractivity contribution is 5.85. The van der Waals surface area contributed by atoms with Crippen LogP contribution in [0.3, 0.4) is 0 Å². The van der Waals surface area contributed by atoms with E-state index in [1.807, 2.05) is 0 Å². The number of hydrogen-bond acceptors (Lipinski definition) is 4. The van der Waals surface area contributed by atoms with Crippen LogP contribution in [0.5, 0.6) is 11.5 Å². The normalized spacial score (nSPS) is 17.1. The van der Waals surface area contributed by atoms with Gasteiger partial charge in [0.1, 0.15) is 12.6 Å². The number of carboxylic acid groups (broad SMARTS) is 1. The van der Waals surface area contributed by atoms with E-state index in [1.165, 1.54) is 4.90 Å². The number of carboxylic acids is 1. The number of aliphatic carboxylic acids is 1. The molecule has 1 aliphatic rings. The summed E-state index contributed by atoms with van der Waals surface area (Å²) < 4.78 is 10.9. The number of carbonyl (C=O) groups is 2. The van der Waals surface area contributed by atoms with Gasteiger partial charge >= 0.3 is 5.97 Å². The Morgan fingerprint density at radius 2 is 2.00 bits per heavy atom. The number of benzene rings is 1. The van der Waals surface area contributed by atoms with Crippen LogP contribution in [0.15, 0.2) is 36.9 Å². The number of rotatable bonds is 7. The molecule has 1 fully saturated rings. The van der Waals surface area contributed by atoms with Crippen molar-refractivity contribution in [3.05, 3.63) is 36.9 Å². The Labute approximate surface area is 128 Å². The minimum Gasteiger partial charge on any atom is -0.486 e. The maximum absolute atomic E-state index is 12.1. The van der Waals surface area contributed by atoms with E-state index in [9.17, 15) is 9.59 Å². The fourth-order valence-electron chi connectivity index (χ4n) is 2.38. The lowest BCUT2D eigenvalue weighted by atomic mass is 10.2. The first-order valence-electron chi connectivity index (χ1n) is 7.11. The van der Waals surface area contributed by atoms with Gasteiger partial charge in [-0.2, -0.15) is 0 Å². The Hall–Kier alpha value is -2.50. The number of hydrogen-bond donors (Lipinski definition) is 1. The molecule has 1 aromatic rings. The van der Waals surface area contributed by atoms with Gasteiger partial charge in [-0.15, -0.1) is 0 Å². The molecule has 1 saturated heterocycles. The molecular weight excluding hydrogens is 286 g/mol. The molecule has 2 rings (SSSR count). The van der Waals surface area contributed by atoms with Crippen LogP contribution in [0.2, 0.25) is 0 Å². The predicted molar refractivity (Wildman–Crippen MR) is 80.0 cm³/mol. The highest BCUT2D eigenvalue weighted by atomic mass is 16.5. The highest BCUT2D eigenvalue weighted by Gasteiger charge is 2.34. The van der Waals surface area contributed by atoms with E-state index in [4.69, 9.17) is 14.6 Å². The zero-order valence-electron chi connectivity index (χ0n) is 12.2. The van der Waals surface area contributed by atoms with E-state index in [2.05, 4.69) is 6.58 Å². The number of likely N-dealkylation sites (tertiary alicyclic amines) is 1. The molecule has 0 aromatic heterocycles. The Balaban J connectivity index is 1.96. The van der Waals surface area contributed by atoms with Gasteiger partial charge in [-0.25, -0.2) is 4.79 Å². The van der Waals surface area contributed by atoms with Gasteiger partial charge in [-0.05, 0) is 25.0 Å². The van der Waals surface area contributed by atoms with E-state index in [-0.39, 0.29) is 12.5 Å². The van der Waals surface area contributed by atoms with Gasteiger partial charge in [0.05, 0.1) is 0 Å². The maximum atomic E-state index is 12.1. The summed E-state index contributed by atoms with van der Waals surface area (Å²) in [5.74, 6) is -0.334. The van der Waals surface area contributed by atoms with Crippen LogP contribution >= 0.6 is 0 Å². The predicted octanol–water partition coefficient (Wildman–Crippen LogP) is 1.71. The second-order valence-corrected chi connectivity index (χ2v) is 4.92. The van der Waals surface area contributed by atoms with E-state index in [0.717, 1.165) is 0 Å². The smallest absolute Gasteiger partial charge is 0.326 e. The highest BCUT2D eigenvalue weighted by Crippen LogP contribution is 2.26. The van der Waals surface area contributed by atoms with Crippen LogP contribution in [-0.4, -0.2) is 47.7 Å². The van der Waals surface area contributed by atoms with Crippen LogP contribution in [0.4, 0.5) is 0 Å². The lowest BCUT2D eigenvalue weighted by molar-refractivity contribution is -0.149. The van der Waals surface area contributed by atoms with Crippen LogP contribution in [0.25, 0.3) is 0 Å². The molecule has 1 heterocycles. The average molecular weight is 305 g/mol. The lowest BCUT2D eigenvalue weighted by Gasteiger charge is -2.21. The Bertz CT molecular complexity index is 557. The summed E-state index contributed by atoms with van der Waals surface area (Å²) in [6.45, 7) is 4.15. The first-order valence-corrected chi connectivity index (χ1v) is 7.11. The van der Waals surface area contributed by atoms with E-state index >= 15 is 0 Å². The van der Waals surface area contributed by atoms with Crippen molar-refractivity contribution in [2.24, 2.45) is 0 Å². The zero-order chi connectivity index (χ0) is 15.9. The Morgan fingerprint density at radius 3 is 2.64 bits per heavy atom. The summed E-state index contributed by atoms with van der Waals surface area (Å²) in [5, 5.41) is 9.09. The summed E-state index contributed by atoms with van der Waals surface area (Å²) in [6.07, 6.45) is 2.80. The van der Waals surface area contributed by atoms with Gasteiger partial charge in [0.2, 0.25) is 0 Å². The molecule has 1 unspecified atom stereocenters. The maximum Gasteiger partial charge on any atom is 0.326 e. The standard InChI is InChI=1S/C16H19NO5/c1-2-10-21-13-7-3-4-8-14(13)22-11-15(18)17-9-5-6-12(17)16(19)20/h2-4,7-8,12H,1,5-6,9-11H2,(H,19,20). The Morgan fingerprint density at radius 1 is 1.32 bits per heavy atom. The molecule has 1 N–H and O–H groups in total. The third-order valence-corrected chi connectivity index (χ3v) is 3.42. The van der Waals surface area contributed by atoms with Gasteiger partial charge in [0.15, 0.2) is 18.1 Å². The SMILES string of the molecule is C=CCOc1ccccc1OCC(=O)N1CCCC1C(=O)O. The molecule has 118 valence electrons. The third-order valence-electron chi connectivity index (χ3n) is 3.42. The first kappa shape index (κ1) is 15.9. The molecule has 0 aliphatic carbocycles. The molecule has 1 aliphatic heterocycles. The molecule has 1 aromatic carbocycles. The summed E-state index contributed by atoms with van der Waals surface area (Å²) in [5.41, 5.74) is 0. The number of ether oxygens (including phenoxy) is 2. The quantitative estimate of drug-likeness (QED) is 0.776. The molecule has 0 radical (unpaired) electrons. The largest absolute Gasteiger partial charge is 0.486 e. The van der Waals surface area contributed by atoms with Crippen LogP contribution in [0.1, 0.15) is 12.8 Å². The number of amides is 1. The van der Waals surface area contributed by atoms with Gasteiger partial charge < -0.3 is 19.5 Å². The summed E-state index contributed by atoms with van der Waals surface area (Å²) in [6, 6.07) is 6.26. The number of carbonyl (C=O) groups excluding carboxylic acids is 1. The molecule has 22 heavy (non-hydrogen) atoms. The minimum atomic E-state index is -0.972. The fourth-order valence-corrected chi connectivity index (χ4v) is 2.38. The van der Waals surface area contributed by atoms with Crippen LogP contribution < -0.4 is 9.47 Å². The topological polar surface area (TPSA) is 76.1 Å². The van der Waals surface area contributed by atoms with Gasteiger partial charge in [0.25, 0.3) is 5.91 Å². The molecule has 6 heteroatoms. The van der Waals surface area contributed by atoms with Gasteiger partial charge in [-0.1, -0.05) is 24.8 Å².